The lowest BCUT2D eigenvalue weighted by molar-refractivity contribution is -0.0111. The molecule has 1 aromatic rings. The highest BCUT2D eigenvalue weighted by atomic mass is 127. The van der Waals surface area contributed by atoms with Crippen LogP contribution in [-0.2, 0) is 4.74 Å². The van der Waals surface area contributed by atoms with Gasteiger partial charge in [-0.25, -0.2) is 0 Å². The third-order valence-corrected chi connectivity index (χ3v) is 4.17. The summed E-state index contributed by atoms with van der Waals surface area (Å²) in [4.78, 5) is 0. The second kappa shape index (κ2) is 3.61. The van der Waals surface area contributed by atoms with E-state index >= 15 is 0 Å². The molecule has 0 radical (unpaired) electrons. The van der Waals surface area contributed by atoms with Gasteiger partial charge >= 0.3 is 0 Å². The van der Waals surface area contributed by atoms with E-state index in [4.69, 9.17) is 9.15 Å². The molecular formula is C10H13IO2. The van der Waals surface area contributed by atoms with Crippen LogP contribution in [0.2, 0.25) is 0 Å². The van der Waals surface area contributed by atoms with Crippen molar-refractivity contribution >= 4 is 22.6 Å². The van der Waals surface area contributed by atoms with Gasteiger partial charge < -0.3 is 9.15 Å². The lowest BCUT2D eigenvalue weighted by atomic mass is 10.0. The highest BCUT2D eigenvalue weighted by Crippen LogP contribution is 2.40. The fourth-order valence-corrected chi connectivity index (χ4v) is 2.25. The lowest BCUT2D eigenvalue weighted by Crippen LogP contribution is -2.24. The van der Waals surface area contributed by atoms with Gasteiger partial charge in [-0.3, -0.25) is 0 Å². The van der Waals surface area contributed by atoms with Crippen molar-refractivity contribution in [3.8, 4) is 0 Å². The molecule has 2 rings (SSSR count). The molecule has 0 saturated carbocycles. The van der Waals surface area contributed by atoms with Gasteiger partial charge in [0.25, 0.3) is 0 Å². The Morgan fingerprint density at radius 1 is 1.69 bits per heavy atom. The van der Waals surface area contributed by atoms with Gasteiger partial charge in [0.15, 0.2) is 0 Å². The van der Waals surface area contributed by atoms with Gasteiger partial charge in [0.1, 0.15) is 0 Å². The fraction of sp³-hybridized carbons (Fsp3) is 0.600. The summed E-state index contributed by atoms with van der Waals surface area (Å²) in [7, 11) is 0. The first-order chi connectivity index (χ1) is 6.23. The molecule has 1 saturated heterocycles. The zero-order valence-electron chi connectivity index (χ0n) is 7.63. The molecule has 0 bridgehead atoms. The van der Waals surface area contributed by atoms with Crippen LogP contribution in [0.4, 0.5) is 0 Å². The van der Waals surface area contributed by atoms with Crippen LogP contribution in [0.15, 0.2) is 23.0 Å². The van der Waals surface area contributed by atoms with E-state index in [-0.39, 0.29) is 11.7 Å². The standard InChI is InChI=1S/C10H13IO2/c1-10(7-11)4-2-9(13-10)8-3-5-12-6-8/h3,5-6,9H,2,4,7H2,1H3/t9-,10+/m0/s1. The van der Waals surface area contributed by atoms with Crippen molar-refractivity contribution in [2.45, 2.75) is 31.5 Å². The first-order valence-corrected chi connectivity index (χ1v) is 6.02. The Balaban J connectivity index is 2.07. The third-order valence-electron chi connectivity index (χ3n) is 2.56. The van der Waals surface area contributed by atoms with E-state index in [0.29, 0.717) is 0 Å². The number of hydrogen-bond donors (Lipinski definition) is 0. The van der Waals surface area contributed by atoms with Gasteiger partial charge in [-0.05, 0) is 25.8 Å². The van der Waals surface area contributed by atoms with Crippen molar-refractivity contribution < 1.29 is 9.15 Å². The normalized spacial score (nSPS) is 33.8. The Bertz CT molecular complexity index is 270. The zero-order chi connectivity index (χ0) is 9.31. The predicted molar refractivity (Wildman–Crippen MR) is 59.1 cm³/mol. The number of rotatable bonds is 2. The first kappa shape index (κ1) is 9.52. The van der Waals surface area contributed by atoms with Crippen molar-refractivity contribution in [1.82, 2.24) is 0 Å². The molecule has 2 nitrogen and oxygen atoms in total. The summed E-state index contributed by atoms with van der Waals surface area (Å²) in [6.45, 7) is 2.18. The monoisotopic (exact) mass is 292 g/mol. The van der Waals surface area contributed by atoms with Crippen molar-refractivity contribution in [3.05, 3.63) is 24.2 Å². The summed E-state index contributed by atoms with van der Waals surface area (Å²) in [6, 6.07) is 1.99. The average Bonchev–Trinajstić information content (AvgIpc) is 2.73. The molecule has 0 amide bonds. The fourth-order valence-electron chi connectivity index (χ4n) is 1.69. The van der Waals surface area contributed by atoms with Crippen LogP contribution in [0.25, 0.3) is 0 Å². The molecule has 0 spiro atoms. The molecule has 0 N–H and O–H groups in total. The van der Waals surface area contributed by atoms with Gasteiger partial charge in [0.2, 0.25) is 0 Å². The predicted octanol–water partition coefficient (Wildman–Crippen LogP) is 3.32. The van der Waals surface area contributed by atoms with Crippen LogP contribution in [0.3, 0.4) is 0 Å². The smallest absolute Gasteiger partial charge is 0.0960 e. The van der Waals surface area contributed by atoms with Gasteiger partial charge in [0, 0.05) is 9.99 Å². The SMILES string of the molecule is C[C@]1(CI)CC[C@@H](c2ccoc2)O1. The summed E-state index contributed by atoms with van der Waals surface area (Å²) >= 11 is 2.39. The summed E-state index contributed by atoms with van der Waals surface area (Å²) < 4.78 is 12.1. The van der Waals surface area contributed by atoms with Crippen molar-refractivity contribution in [2.75, 3.05) is 4.43 Å². The Hall–Kier alpha value is -0.0300. The molecule has 0 aliphatic carbocycles. The topological polar surface area (TPSA) is 22.4 Å². The molecule has 13 heavy (non-hydrogen) atoms. The van der Waals surface area contributed by atoms with Crippen LogP contribution in [0.1, 0.15) is 31.4 Å². The van der Waals surface area contributed by atoms with Crippen LogP contribution in [0.5, 0.6) is 0 Å². The lowest BCUT2D eigenvalue weighted by Gasteiger charge is -2.21. The van der Waals surface area contributed by atoms with Crippen LogP contribution in [-0.4, -0.2) is 10.0 Å². The van der Waals surface area contributed by atoms with Crippen LogP contribution in [0, 0.1) is 0 Å². The maximum Gasteiger partial charge on any atom is 0.0960 e. The Morgan fingerprint density at radius 3 is 3.08 bits per heavy atom. The number of alkyl halides is 1. The van der Waals surface area contributed by atoms with Gasteiger partial charge in [-0.15, -0.1) is 0 Å². The van der Waals surface area contributed by atoms with Crippen molar-refractivity contribution in [1.29, 1.82) is 0 Å². The molecule has 1 fully saturated rings. The highest BCUT2D eigenvalue weighted by Gasteiger charge is 2.35. The largest absolute Gasteiger partial charge is 0.472 e. The van der Waals surface area contributed by atoms with Crippen molar-refractivity contribution in [3.63, 3.8) is 0 Å². The zero-order valence-corrected chi connectivity index (χ0v) is 9.78. The van der Waals surface area contributed by atoms with E-state index in [1.807, 2.05) is 6.07 Å². The average molecular weight is 292 g/mol. The van der Waals surface area contributed by atoms with E-state index in [9.17, 15) is 0 Å². The second-order valence-electron chi connectivity index (χ2n) is 3.79. The Kier molecular flexibility index (Phi) is 2.65. The van der Waals surface area contributed by atoms with E-state index in [2.05, 4.69) is 29.5 Å². The maximum atomic E-state index is 5.97. The van der Waals surface area contributed by atoms with Crippen LogP contribution < -0.4 is 0 Å². The van der Waals surface area contributed by atoms with Gasteiger partial charge in [-0.2, -0.15) is 0 Å². The minimum Gasteiger partial charge on any atom is -0.472 e. The number of ether oxygens (including phenoxy) is 1. The Labute approximate surface area is 91.8 Å². The van der Waals surface area contributed by atoms with Gasteiger partial charge in [-0.1, -0.05) is 22.6 Å². The minimum atomic E-state index is 0.0719. The molecule has 0 aromatic carbocycles. The summed E-state index contributed by atoms with van der Waals surface area (Å²) in [5.74, 6) is 0. The first-order valence-electron chi connectivity index (χ1n) is 4.49. The summed E-state index contributed by atoms with van der Waals surface area (Å²) in [6.07, 6.45) is 5.99. The van der Waals surface area contributed by atoms with Crippen molar-refractivity contribution in [2.24, 2.45) is 0 Å². The number of furan rings is 1. The molecule has 1 aliphatic rings. The molecule has 2 heterocycles. The number of halogens is 1. The minimum absolute atomic E-state index is 0.0719. The van der Waals surface area contributed by atoms with E-state index in [1.54, 1.807) is 12.5 Å². The molecule has 72 valence electrons. The van der Waals surface area contributed by atoms with E-state index in [1.165, 1.54) is 5.56 Å². The molecule has 2 atom stereocenters. The van der Waals surface area contributed by atoms with Crippen LogP contribution >= 0.6 is 22.6 Å². The molecule has 1 aliphatic heterocycles. The summed E-state index contributed by atoms with van der Waals surface area (Å²) in [5.41, 5.74) is 1.25. The van der Waals surface area contributed by atoms with E-state index in [0.717, 1.165) is 17.3 Å². The summed E-state index contributed by atoms with van der Waals surface area (Å²) in [5, 5.41) is 0. The number of hydrogen-bond acceptors (Lipinski definition) is 2. The molecule has 1 aromatic heterocycles. The quantitative estimate of drug-likeness (QED) is 0.616. The molecular weight excluding hydrogens is 279 g/mol. The van der Waals surface area contributed by atoms with E-state index < -0.39 is 0 Å². The molecule has 0 unspecified atom stereocenters. The Morgan fingerprint density at radius 2 is 2.54 bits per heavy atom. The molecule has 3 heteroatoms. The van der Waals surface area contributed by atoms with Gasteiger partial charge in [0.05, 0.1) is 24.2 Å². The highest BCUT2D eigenvalue weighted by molar-refractivity contribution is 14.1. The maximum absolute atomic E-state index is 5.97. The second-order valence-corrected chi connectivity index (χ2v) is 4.55. The third kappa shape index (κ3) is 1.91.